The molecule has 0 aliphatic rings. The summed E-state index contributed by atoms with van der Waals surface area (Å²) in [5, 5.41) is 22.3. The second kappa shape index (κ2) is 15.4. The van der Waals surface area contributed by atoms with E-state index in [0.717, 1.165) is 11.1 Å². The van der Waals surface area contributed by atoms with E-state index < -0.39 is 17.9 Å². The summed E-state index contributed by atoms with van der Waals surface area (Å²) in [6, 6.07) is 28.0. The van der Waals surface area contributed by atoms with E-state index in [1.165, 1.54) is 4.90 Å². The molecule has 0 aromatic heterocycles. The maximum atomic E-state index is 14.1. The van der Waals surface area contributed by atoms with Gasteiger partial charge in [-0.15, -0.1) is 0 Å². The van der Waals surface area contributed by atoms with Gasteiger partial charge < -0.3 is 29.9 Å². The lowest BCUT2D eigenvalue weighted by atomic mass is 9.94. The monoisotopic (exact) mass is 596 g/mol. The highest BCUT2D eigenvalue weighted by molar-refractivity contribution is 6.06. The number of benzene rings is 4. The molecule has 4 rings (SSSR count). The van der Waals surface area contributed by atoms with Crippen molar-refractivity contribution in [2.24, 2.45) is 0 Å². The zero-order valence-electron chi connectivity index (χ0n) is 24.7. The van der Waals surface area contributed by atoms with Crippen LogP contribution in [0, 0.1) is 0 Å². The lowest BCUT2D eigenvalue weighted by Crippen LogP contribution is -2.35. The number of nitrogens with one attached hydrogen (secondary N) is 1. The van der Waals surface area contributed by atoms with Gasteiger partial charge in [-0.1, -0.05) is 78.9 Å². The van der Waals surface area contributed by atoms with Crippen molar-refractivity contribution in [2.45, 2.75) is 18.9 Å². The van der Waals surface area contributed by atoms with Crippen LogP contribution in [0.2, 0.25) is 0 Å². The fourth-order valence-electron chi connectivity index (χ4n) is 5.10. The highest BCUT2D eigenvalue weighted by atomic mass is 16.5. The third-order valence-electron chi connectivity index (χ3n) is 7.33. The van der Waals surface area contributed by atoms with Crippen LogP contribution < -0.4 is 14.8 Å². The summed E-state index contributed by atoms with van der Waals surface area (Å²) in [6.45, 7) is -0.0723. The molecule has 228 valence electrons. The molecule has 0 saturated carbocycles. The molecule has 44 heavy (non-hydrogen) atoms. The Morgan fingerprint density at radius 2 is 1.41 bits per heavy atom. The molecule has 1 unspecified atom stereocenters. The van der Waals surface area contributed by atoms with Crippen molar-refractivity contribution in [3.63, 3.8) is 0 Å². The Labute approximate surface area is 256 Å². The van der Waals surface area contributed by atoms with Crippen molar-refractivity contribution in [2.75, 3.05) is 33.9 Å². The van der Waals surface area contributed by atoms with Crippen LogP contribution >= 0.6 is 0 Å². The fourth-order valence-corrected chi connectivity index (χ4v) is 5.10. The van der Waals surface area contributed by atoms with Crippen molar-refractivity contribution >= 4 is 17.8 Å². The van der Waals surface area contributed by atoms with Gasteiger partial charge in [0, 0.05) is 24.2 Å². The number of para-hydroxylation sites is 1. The van der Waals surface area contributed by atoms with Crippen molar-refractivity contribution in [3.05, 3.63) is 119 Å². The molecule has 0 fully saturated rings. The normalized spacial score (nSPS) is 11.3. The van der Waals surface area contributed by atoms with Gasteiger partial charge in [-0.05, 0) is 46.9 Å². The Morgan fingerprint density at radius 1 is 0.773 bits per heavy atom. The van der Waals surface area contributed by atoms with Crippen LogP contribution in [0.1, 0.15) is 44.3 Å². The van der Waals surface area contributed by atoms with E-state index in [0.29, 0.717) is 40.2 Å². The number of aliphatic hydroxyl groups is 1. The number of nitrogens with zero attached hydrogens (tertiary/aromatic N) is 1. The summed E-state index contributed by atoms with van der Waals surface area (Å²) in [4.78, 5) is 40.6. The number of rotatable bonds is 14. The Bertz CT molecular complexity index is 1590. The second-order valence-electron chi connectivity index (χ2n) is 10.0. The van der Waals surface area contributed by atoms with Gasteiger partial charge in [-0.3, -0.25) is 14.4 Å². The highest BCUT2D eigenvalue weighted by Gasteiger charge is 2.24. The quantitative estimate of drug-likeness (QED) is 0.187. The first kappa shape index (κ1) is 31.8. The Morgan fingerprint density at radius 3 is 2.05 bits per heavy atom. The van der Waals surface area contributed by atoms with E-state index in [2.05, 4.69) is 5.32 Å². The highest BCUT2D eigenvalue weighted by Crippen LogP contribution is 2.32. The lowest BCUT2D eigenvalue weighted by molar-refractivity contribution is -0.137. The van der Waals surface area contributed by atoms with Gasteiger partial charge in [-0.2, -0.15) is 0 Å². The molecule has 0 heterocycles. The van der Waals surface area contributed by atoms with Gasteiger partial charge in [0.1, 0.15) is 0 Å². The first-order valence-electron chi connectivity index (χ1n) is 14.2. The van der Waals surface area contributed by atoms with Gasteiger partial charge in [0.15, 0.2) is 11.5 Å². The topological polar surface area (TPSA) is 125 Å². The summed E-state index contributed by atoms with van der Waals surface area (Å²) >= 11 is 0. The number of aliphatic hydroxyl groups excluding tert-OH is 1. The van der Waals surface area contributed by atoms with Gasteiger partial charge in [0.2, 0.25) is 0 Å². The minimum Gasteiger partial charge on any atom is -0.493 e. The maximum absolute atomic E-state index is 14.1. The molecule has 0 aliphatic heterocycles. The molecule has 0 saturated heterocycles. The van der Waals surface area contributed by atoms with Crippen LogP contribution in [0.15, 0.2) is 97.1 Å². The molecule has 9 nitrogen and oxygen atoms in total. The minimum absolute atomic E-state index is 0.00776. The molecule has 1 atom stereocenters. The van der Waals surface area contributed by atoms with Crippen molar-refractivity contribution in [1.82, 2.24) is 10.2 Å². The van der Waals surface area contributed by atoms with Gasteiger partial charge in [0.25, 0.3) is 11.8 Å². The second-order valence-corrected chi connectivity index (χ2v) is 10.0. The molecular weight excluding hydrogens is 560 g/mol. The fraction of sp³-hybridized carbons (Fsp3) is 0.229. The van der Waals surface area contributed by atoms with Crippen LogP contribution in [0.4, 0.5) is 0 Å². The summed E-state index contributed by atoms with van der Waals surface area (Å²) in [5.41, 5.74) is 3.30. The largest absolute Gasteiger partial charge is 0.493 e. The van der Waals surface area contributed by atoms with Gasteiger partial charge >= 0.3 is 5.97 Å². The molecule has 9 heteroatoms. The van der Waals surface area contributed by atoms with E-state index in [9.17, 15) is 24.6 Å². The number of methoxy groups -OCH3 is 2. The van der Waals surface area contributed by atoms with E-state index in [1.54, 1.807) is 68.8 Å². The molecule has 0 spiro atoms. The van der Waals surface area contributed by atoms with Crippen molar-refractivity contribution in [3.8, 4) is 22.6 Å². The van der Waals surface area contributed by atoms with Crippen LogP contribution in [0.3, 0.4) is 0 Å². The average molecular weight is 597 g/mol. The maximum Gasteiger partial charge on any atom is 0.305 e. The molecule has 4 aromatic carbocycles. The molecule has 3 N–H and O–H groups in total. The number of amides is 2. The summed E-state index contributed by atoms with van der Waals surface area (Å²) in [7, 11) is 3.09. The number of carboxylic acids is 1. The van der Waals surface area contributed by atoms with Crippen molar-refractivity contribution < 1.29 is 34.1 Å². The molecular formula is C35H36N2O7. The van der Waals surface area contributed by atoms with E-state index >= 15 is 0 Å². The van der Waals surface area contributed by atoms with Crippen LogP contribution in [0.5, 0.6) is 11.5 Å². The first-order chi connectivity index (χ1) is 21.4. The average Bonchev–Trinajstić information content (AvgIpc) is 3.06. The smallest absolute Gasteiger partial charge is 0.305 e. The number of carbonyl (C=O) groups excluding carboxylic acids is 2. The van der Waals surface area contributed by atoms with Crippen LogP contribution in [-0.2, 0) is 11.2 Å². The molecule has 4 aromatic rings. The number of carbonyl (C=O) groups is 3. The van der Waals surface area contributed by atoms with Gasteiger partial charge in [-0.25, -0.2) is 0 Å². The number of hydrogen-bond donors (Lipinski definition) is 3. The van der Waals surface area contributed by atoms with E-state index in [-0.39, 0.29) is 32.0 Å². The van der Waals surface area contributed by atoms with Crippen molar-refractivity contribution in [1.29, 1.82) is 0 Å². The van der Waals surface area contributed by atoms with Crippen LogP contribution in [-0.4, -0.2) is 66.8 Å². The molecule has 2 amide bonds. The molecule has 0 radical (unpaired) electrons. The summed E-state index contributed by atoms with van der Waals surface area (Å²) < 4.78 is 10.9. The zero-order valence-corrected chi connectivity index (χ0v) is 24.7. The SMILES string of the molecule is COc1cccc(CCN(CCC(=O)O)C(=O)c2ccccc2-c2ccccc2C(=O)NC(CO)c2ccccc2)c1OC. The summed E-state index contributed by atoms with van der Waals surface area (Å²) in [6.07, 6.45) is 0.166. The Kier molecular flexibility index (Phi) is 11.1. The van der Waals surface area contributed by atoms with Crippen LogP contribution in [0.25, 0.3) is 11.1 Å². The number of carboxylic acid groups (broad SMARTS) is 1. The Balaban J connectivity index is 1.65. The number of aliphatic carboxylic acids is 1. The summed E-state index contributed by atoms with van der Waals surface area (Å²) in [5.74, 6) is -0.675. The zero-order chi connectivity index (χ0) is 31.5. The standard InChI is InChI=1S/C35H36N2O7/c1-43-31-18-10-13-25(33(31)44-2)19-21-37(22-20-32(39)40)35(42)29-17-9-7-15-27(29)26-14-6-8-16-28(26)34(41)36-30(23-38)24-11-4-3-5-12-24/h3-18,30,38H,19-23H2,1-2H3,(H,36,41)(H,39,40). The van der Waals surface area contributed by atoms with E-state index in [4.69, 9.17) is 9.47 Å². The van der Waals surface area contributed by atoms with E-state index in [1.807, 2.05) is 42.5 Å². The number of ether oxygens (including phenoxy) is 2. The third kappa shape index (κ3) is 7.62. The molecule has 0 bridgehead atoms. The predicted molar refractivity (Wildman–Crippen MR) is 167 cm³/mol. The predicted octanol–water partition coefficient (Wildman–Crippen LogP) is 4.99. The molecule has 0 aliphatic carbocycles. The third-order valence-corrected chi connectivity index (χ3v) is 7.33. The first-order valence-corrected chi connectivity index (χ1v) is 14.2. The van der Waals surface area contributed by atoms with Gasteiger partial charge in [0.05, 0.1) is 33.3 Å². The lowest BCUT2D eigenvalue weighted by Gasteiger charge is -2.25. The minimum atomic E-state index is -1.02. The Hall–Kier alpha value is -5.15. The number of hydrogen-bond acceptors (Lipinski definition) is 6.